The highest BCUT2D eigenvalue weighted by atomic mass is 32.2. The van der Waals surface area contributed by atoms with Gasteiger partial charge in [0.1, 0.15) is 0 Å². The fourth-order valence-corrected chi connectivity index (χ4v) is 5.38. The number of benzene rings is 4. The zero-order valence-electron chi connectivity index (χ0n) is 18.8. The minimum atomic E-state index is -3.78. The number of carbonyl (C=O) groups is 1. The second-order valence-electron chi connectivity index (χ2n) is 7.58. The van der Waals surface area contributed by atoms with Crippen molar-refractivity contribution in [2.45, 2.75) is 9.79 Å². The van der Waals surface area contributed by atoms with E-state index in [-0.39, 0.29) is 21.2 Å². The largest absolute Gasteiger partial charge is 0.323 e. The minimum absolute atomic E-state index is 0.115. The Morgan fingerprint density at radius 3 is 1.22 bits per heavy atom. The highest BCUT2D eigenvalue weighted by molar-refractivity contribution is 7.93. The number of rotatable bonds is 8. The van der Waals surface area contributed by atoms with Crippen LogP contribution in [0.2, 0.25) is 0 Å². The number of hydrogen-bond acceptors (Lipinski definition) is 5. The smallest absolute Gasteiger partial charge is 0.308 e. The van der Waals surface area contributed by atoms with Gasteiger partial charge in [-0.2, -0.15) is 0 Å². The Morgan fingerprint density at radius 1 is 0.472 bits per heavy atom. The molecule has 184 valence electrons. The maximum absolute atomic E-state index is 12.5. The van der Waals surface area contributed by atoms with Crippen molar-refractivity contribution in [3.8, 4) is 0 Å². The number of anilines is 4. The van der Waals surface area contributed by atoms with Gasteiger partial charge in [-0.1, -0.05) is 48.5 Å². The third-order valence-corrected chi connectivity index (χ3v) is 7.65. The van der Waals surface area contributed by atoms with Gasteiger partial charge in [-0.15, -0.1) is 0 Å². The fourth-order valence-electron chi connectivity index (χ4n) is 3.24. The molecular weight excluding hydrogens is 500 g/mol. The second-order valence-corrected chi connectivity index (χ2v) is 10.9. The van der Waals surface area contributed by atoms with Gasteiger partial charge < -0.3 is 10.6 Å². The summed E-state index contributed by atoms with van der Waals surface area (Å²) in [6, 6.07) is 27.7. The second kappa shape index (κ2) is 10.5. The summed E-state index contributed by atoms with van der Waals surface area (Å²) in [4.78, 5) is 12.7. The molecule has 0 aliphatic heterocycles. The number of amides is 2. The Kier molecular flexibility index (Phi) is 7.23. The van der Waals surface area contributed by atoms with Gasteiger partial charge in [0.25, 0.3) is 20.0 Å². The first-order valence-electron chi connectivity index (χ1n) is 10.7. The van der Waals surface area contributed by atoms with E-state index in [9.17, 15) is 21.6 Å². The normalized spacial score (nSPS) is 11.3. The van der Waals surface area contributed by atoms with E-state index in [1.54, 1.807) is 72.8 Å². The monoisotopic (exact) mass is 522 g/mol. The third kappa shape index (κ3) is 6.40. The standard InChI is InChI=1S/C25H22N4O5S2/c30-25(26-19-9-7-11-21(17-19)28-35(31,32)23-13-3-1-4-14-23)27-20-10-8-12-22(18-20)29-36(33,34)24-15-5-2-6-16-24/h1-18,28-29H,(H2,26,27,30). The quantitative estimate of drug-likeness (QED) is 0.260. The van der Waals surface area contributed by atoms with E-state index in [2.05, 4.69) is 20.1 Å². The van der Waals surface area contributed by atoms with E-state index in [0.29, 0.717) is 11.4 Å². The zero-order chi connectivity index (χ0) is 25.6. The van der Waals surface area contributed by atoms with E-state index in [4.69, 9.17) is 0 Å². The molecule has 11 heteroatoms. The van der Waals surface area contributed by atoms with Crippen molar-refractivity contribution < 1.29 is 21.6 Å². The summed E-state index contributed by atoms with van der Waals surface area (Å²) in [6.07, 6.45) is 0. The van der Waals surface area contributed by atoms with Crippen LogP contribution in [0.4, 0.5) is 27.5 Å². The number of hydrogen-bond donors (Lipinski definition) is 4. The van der Waals surface area contributed by atoms with Crippen molar-refractivity contribution in [3.05, 3.63) is 109 Å². The molecule has 0 bridgehead atoms. The molecule has 0 unspecified atom stereocenters. The molecule has 4 N–H and O–H groups in total. The SMILES string of the molecule is O=C(Nc1cccc(NS(=O)(=O)c2ccccc2)c1)Nc1cccc(NS(=O)(=O)c2ccccc2)c1. The fraction of sp³-hybridized carbons (Fsp3) is 0. The van der Waals surface area contributed by atoms with Gasteiger partial charge in [-0.05, 0) is 60.7 Å². The lowest BCUT2D eigenvalue weighted by atomic mass is 10.3. The minimum Gasteiger partial charge on any atom is -0.308 e. The van der Waals surface area contributed by atoms with Crippen LogP contribution in [0.5, 0.6) is 0 Å². The summed E-state index contributed by atoms with van der Waals surface area (Å²) in [5.74, 6) is 0. The molecule has 0 aliphatic carbocycles. The Balaban J connectivity index is 1.41. The van der Waals surface area contributed by atoms with Gasteiger partial charge in [-0.3, -0.25) is 9.44 Å². The van der Waals surface area contributed by atoms with Crippen molar-refractivity contribution in [2.24, 2.45) is 0 Å². The van der Waals surface area contributed by atoms with Crippen LogP contribution < -0.4 is 20.1 Å². The van der Waals surface area contributed by atoms with Crippen molar-refractivity contribution >= 4 is 48.8 Å². The van der Waals surface area contributed by atoms with Gasteiger partial charge in [0.15, 0.2) is 0 Å². The van der Waals surface area contributed by atoms with Gasteiger partial charge in [0.05, 0.1) is 21.2 Å². The number of sulfonamides is 2. The van der Waals surface area contributed by atoms with E-state index in [0.717, 1.165) is 0 Å². The van der Waals surface area contributed by atoms with Gasteiger partial charge in [-0.25, -0.2) is 21.6 Å². The Labute approximate surface area is 209 Å². The lowest BCUT2D eigenvalue weighted by Crippen LogP contribution is -2.20. The van der Waals surface area contributed by atoms with Crippen LogP contribution in [0.25, 0.3) is 0 Å². The lowest BCUT2D eigenvalue weighted by molar-refractivity contribution is 0.262. The predicted molar refractivity (Wildman–Crippen MR) is 140 cm³/mol. The van der Waals surface area contributed by atoms with Crippen LogP contribution in [-0.2, 0) is 20.0 Å². The first-order valence-corrected chi connectivity index (χ1v) is 13.6. The maximum atomic E-state index is 12.5. The summed E-state index contributed by atoms with van der Waals surface area (Å²) in [5.41, 5.74) is 1.24. The molecule has 0 aromatic heterocycles. The molecule has 4 aromatic rings. The maximum Gasteiger partial charge on any atom is 0.323 e. The first-order chi connectivity index (χ1) is 17.2. The average molecular weight is 523 g/mol. The Bertz CT molecular complexity index is 1460. The van der Waals surface area contributed by atoms with Crippen LogP contribution >= 0.6 is 0 Å². The Hall–Kier alpha value is -4.35. The highest BCUT2D eigenvalue weighted by Crippen LogP contribution is 2.22. The topological polar surface area (TPSA) is 133 Å². The van der Waals surface area contributed by atoms with Crippen LogP contribution in [-0.4, -0.2) is 22.9 Å². The predicted octanol–water partition coefficient (Wildman–Crippen LogP) is 4.93. The van der Waals surface area contributed by atoms with Crippen LogP contribution in [0.3, 0.4) is 0 Å². The van der Waals surface area contributed by atoms with Crippen molar-refractivity contribution in [1.82, 2.24) is 0 Å². The molecule has 0 radical (unpaired) electrons. The van der Waals surface area contributed by atoms with Crippen LogP contribution in [0.1, 0.15) is 0 Å². The van der Waals surface area contributed by atoms with Crippen molar-refractivity contribution in [2.75, 3.05) is 20.1 Å². The average Bonchev–Trinajstić information content (AvgIpc) is 2.85. The highest BCUT2D eigenvalue weighted by Gasteiger charge is 2.15. The number of nitrogens with one attached hydrogen (secondary N) is 4. The van der Waals surface area contributed by atoms with Crippen molar-refractivity contribution in [3.63, 3.8) is 0 Å². The van der Waals surface area contributed by atoms with Gasteiger partial charge in [0, 0.05) is 11.4 Å². The van der Waals surface area contributed by atoms with E-state index < -0.39 is 26.1 Å². The number of carbonyl (C=O) groups excluding carboxylic acids is 1. The Morgan fingerprint density at radius 2 is 0.833 bits per heavy atom. The molecule has 0 saturated heterocycles. The molecule has 0 heterocycles. The first kappa shape index (κ1) is 24.8. The molecule has 36 heavy (non-hydrogen) atoms. The summed E-state index contributed by atoms with van der Waals surface area (Å²) in [7, 11) is -7.56. The molecule has 0 fully saturated rings. The summed E-state index contributed by atoms with van der Waals surface area (Å²) in [6.45, 7) is 0. The molecule has 0 aliphatic rings. The molecule has 0 saturated carbocycles. The summed E-state index contributed by atoms with van der Waals surface area (Å²) in [5, 5.41) is 5.25. The third-order valence-electron chi connectivity index (χ3n) is 4.85. The van der Waals surface area contributed by atoms with E-state index in [1.807, 2.05) is 0 Å². The van der Waals surface area contributed by atoms with E-state index in [1.165, 1.54) is 36.4 Å². The van der Waals surface area contributed by atoms with Gasteiger partial charge in [0.2, 0.25) is 0 Å². The summed E-state index contributed by atoms with van der Waals surface area (Å²) >= 11 is 0. The summed E-state index contributed by atoms with van der Waals surface area (Å²) < 4.78 is 55.1. The lowest BCUT2D eigenvalue weighted by Gasteiger charge is -2.12. The molecule has 4 aromatic carbocycles. The van der Waals surface area contributed by atoms with Crippen LogP contribution in [0, 0.1) is 0 Å². The zero-order valence-corrected chi connectivity index (χ0v) is 20.4. The molecular formula is C25H22N4O5S2. The van der Waals surface area contributed by atoms with Crippen molar-refractivity contribution in [1.29, 1.82) is 0 Å². The van der Waals surface area contributed by atoms with Crippen LogP contribution in [0.15, 0.2) is 119 Å². The molecule has 4 rings (SSSR count). The molecule has 2 amide bonds. The van der Waals surface area contributed by atoms with E-state index >= 15 is 0 Å². The number of urea groups is 1. The molecule has 0 spiro atoms. The molecule has 9 nitrogen and oxygen atoms in total. The molecule has 0 atom stereocenters. The van der Waals surface area contributed by atoms with Gasteiger partial charge >= 0.3 is 6.03 Å².